The molecule has 1 atom stereocenters. The van der Waals surface area contributed by atoms with Crippen molar-refractivity contribution >= 4 is 17.6 Å². The van der Waals surface area contributed by atoms with Gasteiger partial charge in [0.15, 0.2) is 5.82 Å². The summed E-state index contributed by atoms with van der Waals surface area (Å²) in [5.41, 5.74) is 1.48. The standard InChI is InChI=1S/C20H27N7O2/c1-26-18(23-24-25-26)14-7-5-10-16(13-14)21-19(28)17-11-6-12-27(17)20(29)22-15-8-3-2-4-9-15/h5,7,10,13,15,17H,2-4,6,8-9,11-12H2,1H3,(H,21,28)(H,22,29)/t17-/m1/s1. The molecule has 1 saturated carbocycles. The van der Waals surface area contributed by atoms with Gasteiger partial charge in [-0.1, -0.05) is 31.4 Å². The third kappa shape index (κ3) is 4.38. The number of hydrogen-bond acceptors (Lipinski definition) is 5. The molecule has 29 heavy (non-hydrogen) atoms. The summed E-state index contributed by atoms with van der Waals surface area (Å²) in [5.74, 6) is 0.463. The van der Waals surface area contributed by atoms with Gasteiger partial charge in [0.2, 0.25) is 5.91 Å². The lowest BCUT2D eigenvalue weighted by molar-refractivity contribution is -0.119. The molecule has 2 aliphatic rings. The number of benzene rings is 1. The molecule has 2 N–H and O–H groups in total. The monoisotopic (exact) mass is 397 g/mol. The lowest BCUT2D eigenvalue weighted by Gasteiger charge is -2.29. The summed E-state index contributed by atoms with van der Waals surface area (Å²) < 4.78 is 1.58. The molecule has 0 bridgehead atoms. The SMILES string of the molecule is Cn1nnnc1-c1cccc(NC(=O)[C@H]2CCCN2C(=O)NC2CCCCC2)c1. The zero-order valence-corrected chi connectivity index (χ0v) is 16.7. The molecule has 2 aromatic rings. The fraction of sp³-hybridized carbons (Fsp3) is 0.550. The molecule has 4 rings (SSSR count). The largest absolute Gasteiger partial charge is 0.335 e. The van der Waals surface area contributed by atoms with Crippen LogP contribution in [-0.4, -0.2) is 55.7 Å². The molecular formula is C20H27N7O2. The first-order valence-corrected chi connectivity index (χ1v) is 10.3. The van der Waals surface area contributed by atoms with Crippen LogP contribution in [0.1, 0.15) is 44.9 Å². The van der Waals surface area contributed by atoms with Crippen LogP contribution in [-0.2, 0) is 11.8 Å². The van der Waals surface area contributed by atoms with Crippen LogP contribution < -0.4 is 10.6 Å². The first-order chi connectivity index (χ1) is 14.1. The van der Waals surface area contributed by atoms with E-state index in [9.17, 15) is 9.59 Å². The molecule has 1 aliphatic heterocycles. The lowest BCUT2D eigenvalue weighted by Crippen LogP contribution is -2.50. The van der Waals surface area contributed by atoms with E-state index in [1.165, 1.54) is 6.42 Å². The Hall–Kier alpha value is -2.97. The Labute approximate surface area is 169 Å². The van der Waals surface area contributed by atoms with Crippen molar-refractivity contribution in [1.29, 1.82) is 0 Å². The van der Waals surface area contributed by atoms with Gasteiger partial charge in [-0.2, -0.15) is 0 Å². The van der Waals surface area contributed by atoms with E-state index in [0.29, 0.717) is 24.5 Å². The highest BCUT2D eigenvalue weighted by atomic mass is 16.2. The summed E-state index contributed by atoms with van der Waals surface area (Å²) >= 11 is 0. The molecule has 3 amide bonds. The Balaban J connectivity index is 1.41. The van der Waals surface area contributed by atoms with Gasteiger partial charge in [0.25, 0.3) is 0 Å². The quantitative estimate of drug-likeness (QED) is 0.824. The van der Waals surface area contributed by atoms with E-state index in [2.05, 4.69) is 26.2 Å². The number of anilines is 1. The molecule has 154 valence electrons. The minimum Gasteiger partial charge on any atom is -0.335 e. The van der Waals surface area contributed by atoms with Crippen LogP contribution in [0.4, 0.5) is 10.5 Å². The zero-order chi connectivity index (χ0) is 20.2. The Morgan fingerprint density at radius 3 is 2.69 bits per heavy atom. The van der Waals surface area contributed by atoms with E-state index in [4.69, 9.17) is 0 Å². The number of amides is 3. The molecule has 0 spiro atoms. The second-order valence-corrected chi connectivity index (χ2v) is 7.83. The summed E-state index contributed by atoms with van der Waals surface area (Å²) in [7, 11) is 1.77. The van der Waals surface area contributed by atoms with E-state index in [1.807, 2.05) is 24.3 Å². The summed E-state index contributed by atoms with van der Waals surface area (Å²) in [4.78, 5) is 27.3. The number of hydrogen-bond donors (Lipinski definition) is 2. The summed E-state index contributed by atoms with van der Waals surface area (Å²) in [6.45, 7) is 0.612. The van der Waals surface area contributed by atoms with Crippen molar-refractivity contribution in [3.63, 3.8) is 0 Å². The Kier molecular flexibility index (Phi) is 5.73. The van der Waals surface area contributed by atoms with E-state index < -0.39 is 6.04 Å². The maximum Gasteiger partial charge on any atom is 0.318 e. The Morgan fingerprint density at radius 1 is 1.10 bits per heavy atom. The molecule has 1 aromatic heterocycles. The number of rotatable bonds is 4. The van der Waals surface area contributed by atoms with Gasteiger partial charge in [-0.05, 0) is 48.2 Å². The van der Waals surface area contributed by atoms with Crippen molar-refractivity contribution in [2.24, 2.45) is 7.05 Å². The maximum absolute atomic E-state index is 12.9. The van der Waals surface area contributed by atoms with E-state index in [0.717, 1.165) is 37.7 Å². The van der Waals surface area contributed by atoms with Crippen molar-refractivity contribution in [3.05, 3.63) is 24.3 Å². The van der Waals surface area contributed by atoms with Gasteiger partial charge in [-0.15, -0.1) is 5.10 Å². The van der Waals surface area contributed by atoms with Crippen LogP contribution >= 0.6 is 0 Å². The van der Waals surface area contributed by atoms with E-state index >= 15 is 0 Å². The fourth-order valence-electron chi connectivity index (χ4n) is 4.22. The highest BCUT2D eigenvalue weighted by Crippen LogP contribution is 2.23. The van der Waals surface area contributed by atoms with Gasteiger partial charge in [-0.25, -0.2) is 9.48 Å². The first kappa shape index (κ1) is 19.4. The van der Waals surface area contributed by atoms with Crippen molar-refractivity contribution in [2.45, 2.75) is 57.0 Å². The first-order valence-electron chi connectivity index (χ1n) is 10.3. The van der Waals surface area contributed by atoms with Crippen LogP contribution in [0, 0.1) is 0 Å². The molecule has 9 nitrogen and oxygen atoms in total. The number of urea groups is 1. The number of nitrogens with zero attached hydrogens (tertiary/aromatic N) is 5. The topological polar surface area (TPSA) is 105 Å². The van der Waals surface area contributed by atoms with Crippen LogP contribution in [0.25, 0.3) is 11.4 Å². The average Bonchev–Trinajstić information content (AvgIpc) is 3.38. The number of tetrazole rings is 1. The van der Waals surface area contributed by atoms with Gasteiger partial charge in [0, 0.05) is 30.9 Å². The highest BCUT2D eigenvalue weighted by molar-refractivity contribution is 5.97. The smallest absolute Gasteiger partial charge is 0.318 e. The number of aryl methyl sites for hydroxylation is 1. The third-order valence-corrected chi connectivity index (χ3v) is 5.76. The van der Waals surface area contributed by atoms with Crippen LogP contribution in [0.5, 0.6) is 0 Å². The molecule has 9 heteroatoms. The van der Waals surface area contributed by atoms with Gasteiger partial charge >= 0.3 is 6.03 Å². The van der Waals surface area contributed by atoms with Crippen molar-refractivity contribution in [2.75, 3.05) is 11.9 Å². The number of likely N-dealkylation sites (tertiary alicyclic amines) is 1. The van der Waals surface area contributed by atoms with Crippen LogP contribution in [0.15, 0.2) is 24.3 Å². The fourth-order valence-corrected chi connectivity index (χ4v) is 4.22. The summed E-state index contributed by atoms with van der Waals surface area (Å²) in [5, 5.41) is 17.6. The molecule has 1 saturated heterocycles. The second-order valence-electron chi connectivity index (χ2n) is 7.83. The molecule has 0 unspecified atom stereocenters. The minimum atomic E-state index is -0.446. The molecular weight excluding hydrogens is 370 g/mol. The molecule has 0 radical (unpaired) electrons. The molecule has 1 aromatic carbocycles. The molecule has 1 aliphatic carbocycles. The van der Waals surface area contributed by atoms with Crippen molar-refractivity contribution < 1.29 is 9.59 Å². The third-order valence-electron chi connectivity index (χ3n) is 5.76. The number of carbonyl (C=O) groups excluding carboxylic acids is 2. The maximum atomic E-state index is 12.9. The lowest BCUT2D eigenvalue weighted by atomic mass is 9.96. The van der Waals surface area contributed by atoms with Crippen LogP contribution in [0.3, 0.4) is 0 Å². The van der Waals surface area contributed by atoms with E-state index in [-0.39, 0.29) is 18.0 Å². The van der Waals surface area contributed by atoms with Crippen molar-refractivity contribution in [3.8, 4) is 11.4 Å². The number of nitrogens with one attached hydrogen (secondary N) is 2. The minimum absolute atomic E-state index is 0.117. The predicted molar refractivity (Wildman–Crippen MR) is 108 cm³/mol. The van der Waals surface area contributed by atoms with Crippen molar-refractivity contribution in [1.82, 2.24) is 30.4 Å². The zero-order valence-electron chi connectivity index (χ0n) is 16.7. The molecule has 2 heterocycles. The summed E-state index contributed by atoms with van der Waals surface area (Å²) in [6.07, 6.45) is 7.13. The number of aromatic nitrogens is 4. The second kappa shape index (κ2) is 8.59. The molecule has 2 fully saturated rings. The summed E-state index contributed by atoms with van der Waals surface area (Å²) in [6, 6.07) is 7.07. The van der Waals surface area contributed by atoms with E-state index in [1.54, 1.807) is 16.6 Å². The Morgan fingerprint density at radius 2 is 1.93 bits per heavy atom. The van der Waals surface area contributed by atoms with Gasteiger partial charge in [0.1, 0.15) is 6.04 Å². The average molecular weight is 397 g/mol. The normalized spacial score (nSPS) is 19.9. The van der Waals surface area contributed by atoms with Gasteiger partial charge < -0.3 is 15.5 Å². The number of carbonyl (C=O) groups is 2. The van der Waals surface area contributed by atoms with Gasteiger partial charge in [-0.3, -0.25) is 4.79 Å². The predicted octanol–water partition coefficient (Wildman–Crippen LogP) is 2.32. The van der Waals surface area contributed by atoms with Crippen LogP contribution in [0.2, 0.25) is 0 Å². The van der Waals surface area contributed by atoms with Gasteiger partial charge in [0.05, 0.1) is 0 Å². The Bertz CT molecular complexity index is 875. The highest BCUT2D eigenvalue weighted by Gasteiger charge is 2.35.